The quantitative estimate of drug-likeness (QED) is 0.535. The molecule has 1 saturated heterocycles. The van der Waals surface area contributed by atoms with Crippen molar-refractivity contribution in [1.29, 1.82) is 0 Å². The lowest BCUT2D eigenvalue weighted by Gasteiger charge is -2.26. The SMILES string of the molecule is S.[C-]#[N+]c1cccc(OC[C@@H](O)CCCCNC(=O)N2CCOCC2)c1. The monoisotopic (exact) mass is 381 g/mol. The van der Waals surface area contributed by atoms with Crippen LogP contribution in [0.25, 0.3) is 4.85 Å². The van der Waals surface area contributed by atoms with Crippen LogP contribution in [0, 0.1) is 6.57 Å². The molecule has 2 amide bonds. The highest BCUT2D eigenvalue weighted by molar-refractivity contribution is 7.59. The second-order valence-electron chi connectivity index (χ2n) is 5.90. The molecular formula is C18H27N3O4S. The molecule has 1 fully saturated rings. The van der Waals surface area contributed by atoms with Gasteiger partial charge in [0.25, 0.3) is 0 Å². The van der Waals surface area contributed by atoms with E-state index in [-0.39, 0.29) is 26.1 Å². The minimum Gasteiger partial charge on any atom is -0.492 e. The summed E-state index contributed by atoms with van der Waals surface area (Å²) in [6.07, 6.45) is 1.65. The number of urea groups is 1. The first-order valence-corrected chi connectivity index (χ1v) is 8.58. The molecule has 2 N–H and O–H groups in total. The predicted octanol–water partition coefficient (Wildman–Crippen LogP) is 2.30. The van der Waals surface area contributed by atoms with E-state index in [9.17, 15) is 9.90 Å². The van der Waals surface area contributed by atoms with Gasteiger partial charge < -0.3 is 24.8 Å². The molecule has 0 aromatic heterocycles. The van der Waals surface area contributed by atoms with Gasteiger partial charge in [-0.15, -0.1) is 0 Å². The Morgan fingerprint density at radius 1 is 1.38 bits per heavy atom. The van der Waals surface area contributed by atoms with Crippen molar-refractivity contribution in [3.05, 3.63) is 35.7 Å². The van der Waals surface area contributed by atoms with Crippen LogP contribution in [0.1, 0.15) is 19.3 Å². The van der Waals surface area contributed by atoms with Crippen molar-refractivity contribution >= 4 is 25.2 Å². The average molecular weight is 381 g/mol. The summed E-state index contributed by atoms with van der Waals surface area (Å²) in [5.41, 5.74) is 0.517. The van der Waals surface area contributed by atoms with E-state index in [0.29, 0.717) is 50.7 Å². The summed E-state index contributed by atoms with van der Waals surface area (Å²) in [5, 5.41) is 12.8. The number of morpholine rings is 1. The maximum atomic E-state index is 11.9. The summed E-state index contributed by atoms with van der Waals surface area (Å²) >= 11 is 0. The number of rotatable bonds is 8. The summed E-state index contributed by atoms with van der Waals surface area (Å²) in [6.45, 7) is 10.2. The molecule has 1 heterocycles. The van der Waals surface area contributed by atoms with Gasteiger partial charge in [-0.3, -0.25) is 0 Å². The van der Waals surface area contributed by atoms with Crippen molar-refractivity contribution in [2.45, 2.75) is 25.4 Å². The Bertz CT molecular complexity index is 588. The Hall–Kier alpha value is -1.95. The molecule has 1 atom stereocenters. The first-order valence-electron chi connectivity index (χ1n) is 8.58. The van der Waals surface area contributed by atoms with Crippen LogP contribution in [-0.2, 0) is 4.74 Å². The van der Waals surface area contributed by atoms with E-state index in [4.69, 9.17) is 16.0 Å². The summed E-state index contributed by atoms with van der Waals surface area (Å²) in [4.78, 5) is 17.0. The minimum atomic E-state index is -0.563. The Morgan fingerprint density at radius 3 is 2.88 bits per heavy atom. The number of carbonyl (C=O) groups excluding carboxylic acids is 1. The zero-order chi connectivity index (χ0) is 17.9. The fourth-order valence-electron chi connectivity index (χ4n) is 2.50. The molecule has 0 unspecified atom stereocenters. The van der Waals surface area contributed by atoms with Gasteiger partial charge in [0, 0.05) is 19.6 Å². The molecule has 144 valence electrons. The van der Waals surface area contributed by atoms with E-state index in [2.05, 4.69) is 10.2 Å². The van der Waals surface area contributed by atoms with E-state index in [1.165, 1.54) is 0 Å². The standard InChI is InChI=1S/C18H25N3O4.H2S/c1-19-15-5-4-7-17(13-15)25-14-16(22)6-2-3-8-20-18(23)21-9-11-24-12-10-21;/h4-5,7,13,16,22H,2-3,6,8-12,14H2,(H,20,23);1H2/t16-;/m0./s1. The van der Waals surface area contributed by atoms with E-state index in [1.54, 1.807) is 29.2 Å². The van der Waals surface area contributed by atoms with Gasteiger partial charge >= 0.3 is 6.03 Å². The highest BCUT2D eigenvalue weighted by Gasteiger charge is 2.15. The predicted molar refractivity (Wildman–Crippen MR) is 104 cm³/mol. The van der Waals surface area contributed by atoms with Crippen LogP contribution in [0.15, 0.2) is 24.3 Å². The van der Waals surface area contributed by atoms with Crippen LogP contribution in [-0.4, -0.2) is 61.6 Å². The molecule has 1 aromatic rings. The third-order valence-corrected chi connectivity index (χ3v) is 3.93. The molecule has 26 heavy (non-hydrogen) atoms. The number of nitrogens with one attached hydrogen (secondary N) is 1. The summed E-state index contributed by atoms with van der Waals surface area (Å²) in [5.74, 6) is 0.588. The highest BCUT2D eigenvalue weighted by Crippen LogP contribution is 2.20. The summed E-state index contributed by atoms with van der Waals surface area (Å²) in [7, 11) is 0. The van der Waals surface area contributed by atoms with Gasteiger partial charge in [0.2, 0.25) is 0 Å². The van der Waals surface area contributed by atoms with E-state index < -0.39 is 6.10 Å². The smallest absolute Gasteiger partial charge is 0.317 e. The molecule has 0 spiro atoms. The molecular weight excluding hydrogens is 354 g/mol. The van der Waals surface area contributed by atoms with Crippen molar-refractivity contribution in [3.8, 4) is 5.75 Å². The van der Waals surface area contributed by atoms with Crippen molar-refractivity contribution in [2.75, 3.05) is 39.5 Å². The zero-order valence-corrected chi connectivity index (χ0v) is 15.8. The molecule has 7 nitrogen and oxygen atoms in total. The molecule has 2 rings (SSSR count). The highest BCUT2D eigenvalue weighted by atomic mass is 32.1. The van der Waals surface area contributed by atoms with Crippen LogP contribution < -0.4 is 10.1 Å². The number of hydrogen-bond acceptors (Lipinski definition) is 4. The van der Waals surface area contributed by atoms with E-state index in [0.717, 1.165) is 12.8 Å². The minimum absolute atomic E-state index is 0. The van der Waals surface area contributed by atoms with Crippen LogP contribution in [0.5, 0.6) is 5.75 Å². The molecule has 8 heteroatoms. The third kappa shape index (κ3) is 7.95. The molecule has 0 bridgehead atoms. The van der Waals surface area contributed by atoms with Gasteiger partial charge in [0.05, 0.1) is 25.9 Å². The third-order valence-electron chi connectivity index (χ3n) is 3.93. The number of aliphatic hydroxyl groups excluding tert-OH is 1. The fourth-order valence-corrected chi connectivity index (χ4v) is 2.50. The normalized spacial score (nSPS) is 14.7. The van der Waals surface area contributed by atoms with Crippen LogP contribution in [0.2, 0.25) is 0 Å². The van der Waals surface area contributed by atoms with Crippen molar-refractivity contribution in [1.82, 2.24) is 10.2 Å². The van der Waals surface area contributed by atoms with Crippen molar-refractivity contribution < 1.29 is 19.4 Å². The largest absolute Gasteiger partial charge is 0.492 e. The Balaban J connectivity index is 0.00000338. The number of unbranched alkanes of at least 4 members (excludes halogenated alkanes) is 1. The lowest BCUT2D eigenvalue weighted by molar-refractivity contribution is 0.0532. The number of carbonyl (C=O) groups is 1. The Morgan fingerprint density at radius 2 is 2.15 bits per heavy atom. The number of hydrogen-bond donors (Lipinski definition) is 2. The topological polar surface area (TPSA) is 75.4 Å². The maximum absolute atomic E-state index is 11.9. The van der Waals surface area contributed by atoms with Gasteiger partial charge in [0.15, 0.2) is 5.69 Å². The van der Waals surface area contributed by atoms with Crippen LogP contribution in [0.4, 0.5) is 10.5 Å². The second-order valence-corrected chi connectivity index (χ2v) is 5.90. The lowest BCUT2D eigenvalue weighted by Crippen LogP contribution is -2.46. The number of amides is 2. The Kier molecular flexibility index (Phi) is 10.5. The fraction of sp³-hybridized carbons (Fsp3) is 0.556. The van der Waals surface area contributed by atoms with Crippen LogP contribution in [0.3, 0.4) is 0 Å². The van der Waals surface area contributed by atoms with Crippen molar-refractivity contribution in [2.24, 2.45) is 0 Å². The second kappa shape index (κ2) is 12.4. The van der Waals surface area contributed by atoms with Gasteiger partial charge in [-0.1, -0.05) is 12.1 Å². The lowest BCUT2D eigenvalue weighted by atomic mass is 10.1. The number of aliphatic hydroxyl groups is 1. The molecule has 1 aromatic carbocycles. The zero-order valence-electron chi connectivity index (χ0n) is 14.8. The van der Waals surface area contributed by atoms with E-state index in [1.807, 2.05) is 0 Å². The van der Waals surface area contributed by atoms with Gasteiger partial charge in [-0.05, 0) is 31.4 Å². The van der Waals surface area contributed by atoms with Gasteiger partial charge in [-0.2, -0.15) is 13.5 Å². The van der Waals surface area contributed by atoms with Crippen molar-refractivity contribution in [3.63, 3.8) is 0 Å². The molecule has 0 saturated carbocycles. The van der Waals surface area contributed by atoms with Gasteiger partial charge in [0.1, 0.15) is 12.4 Å². The molecule has 1 aliphatic rings. The average Bonchev–Trinajstić information content (AvgIpc) is 2.66. The number of ether oxygens (including phenoxy) is 2. The first-order chi connectivity index (χ1) is 12.2. The van der Waals surface area contributed by atoms with Crippen LogP contribution >= 0.6 is 13.5 Å². The molecule has 1 aliphatic heterocycles. The van der Waals surface area contributed by atoms with Gasteiger partial charge in [-0.25, -0.2) is 9.64 Å². The number of benzene rings is 1. The number of nitrogens with zero attached hydrogens (tertiary/aromatic N) is 2. The maximum Gasteiger partial charge on any atom is 0.317 e. The molecule has 0 radical (unpaired) electrons. The summed E-state index contributed by atoms with van der Waals surface area (Å²) < 4.78 is 10.7. The summed E-state index contributed by atoms with van der Waals surface area (Å²) in [6, 6.07) is 6.84. The first kappa shape index (κ1) is 22.1. The Labute approximate surface area is 161 Å². The molecule has 0 aliphatic carbocycles. The van der Waals surface area contributed by atoms with E-state index >= 15 is 0 Å².